The lowest BCUT2D eigenvalue weighted by Gasteiger charge is -2.34. The first-order valence-electron chi connectivity index (χ1n) is 9.25. The van der Waals surface area contributed by atoms with E-state index in [-0.39, 0.29) is 10.8 Å². The van der Waals surface area contributed by atoms with Crippen molar-refractivity contribution in [2.24, 2.45) is 0 Å². The number of ether oxygens (including phenoxy) is 1. The van der Waals surface area contributed by atoms with Gasteiger partial charge in [0.15, 0.2) is 15.0 Å². The fourth-order valence-electron chi connectivity index (χ4n) is 3.37. The number of thiazole rings is 1. The quantitative estimate of drug-likeness (QED) is 0.588. The molecule has 1 aliphatic rings. The molecule has 1 fully saturated rings. The van der Waals surface area contributed by atoms with Crippen LogP contribution >= 0.6 is 22.9 Å². The Labute approximate surface area is 183 Å². The van der Waals surface area contributed by atoms with E-state index >= 15 is 0 Å². The summed E-state index contributed by atoms with van der Waals surface area (Å²) in [6.07, 6.45) is 1.15. The maximum absolute atomic E-state index is 12.8. The predicted octanol–water partition coefficient (Wildman–Crippen LogP) is 3.32. The number of halogens is 1. The minimum atomic E-state index is -3.28. The molecule has 0 saturated carbocycles. The lowest BCUT2D eigenvalue weighted by molar-refractivity contribution is 0.0746. The number of hydrogen-bond donors (Lipinski definition) is 0. The lowest BCUT2D eigenvalue weighted by Crippen LogP contribution is -2.48. The van der Waals surface area contributed by atoms with Gasteiger partial charge in [-0.1, -0.05) is 22.9 Å². The molecule has 1 aliphatic heterocycles. The van der Waals surface area contributed by atoms with Crippen LogP contribution in [0.5, 0.6) is 5.75 Å². The Morgan fingerprint density at radius 1 is 1.10 bits per heavy atom. The van der Waals surface area contributed by atoms with Gasteiger partial charge in [0.25, 0.3) is 5.91 Å². The van der Waals surface area contributed by atoms with E-state index in [0.717, 1.165) is 21.6 Å². The van der Waals surface area contributed by atoms with Crippen LogP contribution in [0.1, 0.15) is 10.4 Å². The van der Waals surface area contributed by atoms with E-state index in [1.165, 1.54) is 23.5 Å². The van der Waals surface area contributed by atoms with Crippen molar-refractivity contribution >= 4 is 54.0 Å². The van der Waals surface area contributed by atoms with Gasteiger partial charge < -0.3 is 14.5 Å². The van der Waals surface area contributed by atoms with E-state index in [0.29, 0.717) is 42.5 Å². The highest BCUT2D eigenvalue weighted by Crippen LogP contribution is 2.38. The highest BCUT2D eigenvalue weighted by atomic mass is 35.5. The largest absolute Gasteiger partial charge is 0.494 e. The van der Waals surface area contributed by atoms with E-state index in [9.17, 15) is 13.2 Å². The maximum Gasteiger partial charge on any atom is 0.253 e. The van der Waals surface area contributed by atoms with Crippen LogP contribution in [0.4, 0.5) is 5.13 Å². The summed E-state index contributed by atoms with van der Waals surface area (Å²) < 4.78 is 29.5. The molecule has 1 aromatic heterocycles. The highest BCUT2D eigenvalue weighted by molar-refractivity contribution is 7.90. The van der Waals surface area contributed by atoms with Crippen LogP contribution in [-0.4, -0.2) is 63.8 Å². The number of sulfone groups is 1. The summed E-state index contributed by atoms with van der Waals surface area (Å²) >= 11 is 7.83. The fourth-order valence-corrected chi connectivity index (χ4v) is 5.31. The highest BCUT2D eigenvalue weighted by Gasteiger charge is 2.25. The molecule has 1 saturated heterocycles. The smallest absolute Gasteiger partial charge is 0.253 e. The van der Waals surface area contributed by atoms with Gasteiger partial charge in [0.05, 0.1) is 21.7 Å². The molecule has 0 bridgehead atoms. The monoisotopic (exact) mass is 465 g/mol. The van der Waals surface area contributed by atoms with Crippen molar-refractivity contribution < 1.29 is 17.9 Å². The zero-order valence-corrected chi connectivity index (χ0v) is 18.9. The molecule has 0 atom stereocenters. The van der Waals surface area contributed by atoms with Crippen LogP contribution in [0.25, 0.3) is 10.2 Å². The van der Waals surface area contributed by atoms with Gasteiger partial charge in [0, 0.05) is 38.0 Å². The zero-order valence-electron chi connectivity index (χ0n) is 16.5. The molecule has 2 heterocycles. The lowest BCUT2D eigenvalue weighted by atomic mass is 10.2. The molecular weight excluding hydrogens is 446 g/mol. The molecule has 0 aliphatic carbocycles. The number of anilines is 1. The van der Waals surface area contributed by atoms with Crippen molar-refractivity contribution in [2.45, 2.75) is 4.90 Å². The Bertz CT molecular complexity index is 1200. The van der Waals surface area contributed by atoms with Crippen LogP contribution in [0.2, 0.25) is 5.02 Å². The molecule has 0 unspecified atom stereocenters. The summed E-state index contributed by atoms with van der Waals surface area (Å²) in [5.74, 6) is 0.576. The molecular formula is C20H20ClN3O4S2. The third-order valence-corrected chi connectivity index (χ3v) is 7.74. The van der Waals surface area contributed by atoms with Gasteiger partial charge >= 0.3 is 0 Å². The summed E-state index contributed by atoms with van der Waals surface area (Å²) in [6.45, 7) is 2.39. The van der Waals surface area contributed by atoms with Crippen molar-refractivity contribution in [1.82, 2.24) is 9.88 Å². The van der Waals surface area contributed by atoms with Gasteiger partial charge in [-0.05, 0) is 36.4 Å². The molecule has 2 aromatic carbocycles. The molecule has 1 amide bonds. The first kappa shape index (κ1) is 20.9. The summed E-state index contributed by atoms with van der Waals surface area (Å²) in [7, 11) is -1.68. The van der Waals surface area contributed by atoms with Crippen molar-refractivity contribution in [1.29, 1.82) is 0 Å². The van der Waals surface area contributed by atoms with Gasteiger partial charge in [0.1, 0.15) is 11.3 Å². The zero-order chi connectivity index (χ0) is 21.5. The van der Waals surface area contributed by atoms with E-state index < -0.39 is 9.84 Å². The van der Waals surface area contributed by atoms with Crippen LogP contribution in [0.15, 0.2) is 41.3 Å². The Kier molecular flexibility index (Phi) is 5.61. The molecule has 7 nitrogen and oxygen atoms in total. The second kappa shape index (κ2) is 8.05. The Balaban J connectivity index is 1.47. The second-order valence-corrected chi connectivity index (χ2v) is 10.4. The van der Waals surface area contributed by atoms with Crippen molar-refractivity contribution in [2.75, 3.05) is 44.4 Å². The second-order valence-electron chi connectivity index (χ2n) is 7.00. The topological polar surface area (TPSA) is 79.8 Å². The van der Waals surface area contributed by atoms with Gasteiger partial charge in [0.2, 0.25) is 0 Å². The third kappa shape index (κ3) is 3.97. The average molecular weight is 466 g/mol. The number of rotatable bonds is 4. The molecule has 3 aromatic rings. The van der Waals surface area contributed by atoms with Gasteiger partial charge in [-0.15, -0.1) is 0 Å². The average Bonchev–Trinajstić information content (AvgIpc) is 3.20. The standard InChI is InChI=1S/C20H20ClN3O4S2/c1-28-16-8-7-15(21)18-17(16)22-20(29-18)24-11-9-23(10-12-24)19(25)13-3-5-14(6-4-13)30(2,26)27/h3-8H,9-12H2,1-2H3. The van der Waals surface area contributed by atoms with E-state index in [2.05, 4.69) is 4.90 Å². The number of fused-ring (bicyclic) bond motifs is 1. The van der Waals surface area contributed by atoms with Crippen molar-refractivity contribution in [3.63, 3.8) is 0 Å². The fraction of sp³-hybridized carbons (Fsp3) is 0.300. The molecule has 0 radical (unpaired) electrons. The summed E-state index contributed by atoms with van der Waals surface area (Å²) in [4.78, 5) is 21.6. The number of carbonyl (C=O) groups is 1. The van der Waals surface area contributed by atoms with Crippen molar-refractivity contribution in [3.8, 4) is 5.75 Å². The van der Waals surface area contributed by atoms with Crippen LogP contribution in [0, 0.1) is 0 Å². The van der Waals surface area contributed by atoms with Crippen LogP contribution in [0.3, 0.4) is 0 Å². The molecule has 30 heavy (non-hydrogen) atoms. The summed E-state index contributed by atoms with van der Waals surface area (Å²) in [5.41, 5.74) is 1.22. The molecule has 0 spiro atoms. The third-order valence-electron chi connectivity index (χ3n) is 5.03. The summed E-state index contributed by atoms with van der Waals surface area (Å²) in [5, 5.41) is 1.49. The first-order chi connectivity index (χ1) is 14.3. The Hall–Kier alpha value is -2.36. The Morgan fingerprint density at radius 2 is 1.77 bits per heavy atom. The first-order valence-corrected chi connectivity index (χ1v) is 12.3. The number of piperazine rings is 1. The molecule has 10 heteroatoms. The number of methoxy groups -OCH3 is 1. The van der Waals surface area contributed by atoms with Crippen LogP contribution < -0.4 is 9.64 Å². The normalized spacial score (nSPS) is 14.9. The van der Waals surface area contributed by atoms with Gasteiger partial charge in [-0.2, -0.15) is 0 Å². The van der Waals surface area contributed by atoms with E-state index in [1.807, 2.05) is 0 Å². The Morgan fingerprint density at radius 3 is 2.37 bits per heavy atom. The van der Waals surface area contributed by atoms with E-state index in [4.69, 9.17) is 21.3 Å². The van der Waals surface area contributed by atoms with Crippen molar-refractivity contribution in [3.05, 3.63) is 47.0 Å². The number of benzene rings is 2. The van der Waals surface area contributed by atoms with Crippen LogP contribution in [-0.2, 0) is 9.84 Å². The number of amides is 1. The minimum Gasteiger partial charge on any atom is -0.494 e. The molecule has 0 N–H and O–H groups in total. The molecule has 4 rings (SSSR count). The van der Waals surface area contributed by atoms with Gasteiger partial charge in [-0.3, -0.25) is 4.79 Å². The van der Waals surface area contributed by atoms with E-state index in [1.54, 1.807) is 36.3 Å². The minimum absolute atomic E-state index is 0.108. The number of nitrogens with zero attached hydrogens (tertiary/aromatic N) is 3. The number of aromatic nitrogens is 1. The predicted molar refractivity (Wildman–Crippen MR) is 119 cm³/mol. The molecule has 158 valence electrons. The van der Waals surface area contributed by atoms with Gasteiger partial charge in [-0.25, -0.2) is 13.4 Å². The maximum atomic E-state index is 12.8. The summed E-state index contributed by atoms with van der Waals surface area (Å²) in [6, 6.07) is 9.67. The SMILES string of the molecule is COc1ccc(Cl)c2sc(N3CCN(C(=O)c4ccc(S(C)(=O)=O)cc4)CC3)nc12. The number of carbonyl (C=O) groups excluding carboxylic acids is 1. The number of hydrogen-bond acceptors (Lipinski definition) is 7.